The van der Waals surface area contributed by atoms with Crippen molar-refractivity contribution in [3.05, 3.63) is 99.5 Å². The Balaban J connectivity index is 1.57. The fourth-order valence-electron chi connectivity index (χ4n) is 3.65. The van der Waals surface area contributed by atoms with Crippen LogP contribution in [-0.4, -0.2) is 36.5 Å². The number of aliphatic imine (C=N–C) groups is 1. The summed E-state index contributed by atoms with van der Waals surface area (Å²) in [5.41, 5.74) is 4.09. The first kappa shape index (κ1) is 23.2. The van der Waals surface area contributed by atoms with E-state index in [1.54, 1.807) is 18.0 Å². The molecule has 1 atom stereocenters. The lowest BCUT2D eigenvalue weighted by Gasteiger charge is -2.22. The number of likely N-dealkylation sites (N-methyl/N-ethyl adjacent to an activating group) is 1. The Kier molecular flexibility index (Phi) is 7.28. The molecule has 1 aliphatic heterocycles. The van der Waals surface area contributed by atoms with Gasteiger partial charge in [-0.05, 0) is 48.5 Å². The highest BCUT2D eigenvalue weighted by Crippen LogP contribution is 2.29. The van der Waals surface area contributed by atoms with Crippen molar-refractivity contribution in [1.82, 2.24) is 10.6 Å². The molecule has 33 heavy (non-hydrogen) atoms. The van der Waals surface area contributed by atoms with Crippen LogP contribution in [-0.2, 0) is 11.2 Å². The molecule has 2 N–H and O–H groups in total. The second kappa shape index (κ2) is 10.3. The summed E-state index contributed by atoms with van der Waals surface area (Å²) in [6.07, 6.45) is -0.195. The maximum Gasteiger partial charge on any atom is 0.272 e. The third kappa shape index (κ3) is 5.36. The molecule has 0 saturated heterocycles. The Morgan fingerprint density at radius 2 is 1.79 bits per heavy atom. The van der Waals surface area contributed by atoms with Gasteiger partial charge in [-0.1, -0.05) is 71.7 Å². The lowest BCUT2D eigenvalue weighted by Crippen LogP contribution is -2.49. The monoisotopic (exact) mass is 496 g/mol. The number of carbonyl (C=O) groups is 1. The summed E-state index contributed by atoms with van der Waals surface area (Å²) in [5.74, 6) is -0.222. The fourth-order valence-corrected chi connectivity index (χ4v) is 4.27. The Bertz CT molecular complexity index is 1220. The number of hydrogen-bond donors (Lipinski definition) is 2. The van der Waals surface area contributed by atoms with E-state index in [0.29, 0.717) is 33.8 Å². The Morgan fingerprint density at radius 3 is 2.55 bits per heavy atom. The fraction of sp³-hybridized carbons (Fsp3) is 0.160. The zero-order valence-electron chi connectivity index (χ0n) is 17.9. The number of anilines is 1. The van der Waals surface area contributed by atoms with E-state index in [0.717, 1.165) is 22.4 Å². The summed E-state index contributed by atoms with van der Waals surface area (Å²) in [4.78, 5) is 19.6. The number of carbonyl (C=O) groups excluding carboxylic acids is 1. The van der Waals surface area contributed by atoms with Crippen LogP contribution in [0.5, 0.6) is 0 Å². The smallest absolute Gasteiger partial charge is 0.272 e. The Morgan fingerprint density at radius 1 is 1.06 bits per heavy atom. The first-order chi connectivity index (χ1) is 15.9. The van der Waals surface area contributed by atoms with E-state index in [9.17, 15) is 4.79 Å². The lowest BCUT2D eigenvalue weighted by molar-refractivity contribution is -0.119. The Labute approximate surface area is 208 Å². The molecule has 1 aliphatic rings. The van der Waals surface area contributed by atoms with Gasteiger partial charge >= 0.3 is 0 Å². The highest BCUT2D eigenvalue weighted by molar-refractivity contribution is 7.80. The van der Waals surface area contributed by atoms with Crippen molar-refractivity contribution in [3.63, 3.8) is 0 Å². The number of hydrogen-bond acceptors (Lipinski definition) is 3. The van der Waals surface area contributed by atoms with Crippen LogP contribution in [0.3, 0.4) is 0 Å². The highest BCUT2D eigenvalue weighted by atomic mass is 35.5. The normalized spacial score (nSPS) is 15.4. The topological polar surface area (TPSA) is 56.7 Å². The Hall–Kier alpha value is -2.93. The second-order valence-corrected chi connectivity index (χ2v) is 8.80. The van der Waals surface area contributed by atoms with E-state index >= 15 is 0 Å². The molecule has 3 aromatic rings. The van der Waals surface area contributed by atoms with Gasteiger partial charge in [0.1, 0.15) is 0 Å². The van der Waals surface area contributed by atoms with Crippen molar-refractivity contribution in [2.45, 2.75) is 12.6 Å². The minimum atomic E-state index is -0.892. The molecule has 0 aliphatic carbocycles. The van der Waals surface area contributed by atoms with Crippen LogP contribution < -0.4 is 15.5 Å². The molecule has 1 unspecified atom stereocenters. The molecule has 0 bridgehead atoms. The summed E-state index contributed by atoms with van der Waals surface area (Å²) in [5, 5.41) is 7.84. The molecule has 1 amide bonds. The number of thiocarbonyl (C=S) groups is 1. The van der Waals surface area contributed by atoms with Crippen LogP contribution in [0.2, 0.25) is 10.0 Å². The number of amides is 1. The number of benzodiazepines with no additional fused rings is 1. The molecule has 0 saturated carbocycles. The van der Waals surface area contributed by atoms with E-state index in [1.165, 1.54) is 0 Å². The summed E-state index contributed by atoms with van der Waals surface area (Å²) in [6, 6.07) is 22.8. The molecule has 8 heteroatoms. The van der Waals surface area contributed by atoms with Crippen molar-refractivity contribution in [2.75, 3.05) is 18.5 Å². The largest absolute Gasteiger partial charge is 0.362 e. The van der Waals surface area contributed by atoms with Gasteiger partial charge in [-0.15, -0.1) is 0 Å². The second-order valence-electron chi connectivity index (χ2n) is 7.55. The number of rotatable bonds is 5. The van der Waals surface area contributed by atoms with Crippen molar-refractivity contribution in [2.24, 2.45) is 4.99 Å². The van der Waals surface area contributed by atoms with Gasteiger partial charge in [0.15, 0.2) is 5.11 Å². The van der Waals surface area contributed by atoms with E-state index in [2.05, 4.69) is 10.6 Å². The van der Waals surface area contributed by atoms with Gasteiger partial charge in [0.05, 0.1) is 11.4 Å². The summed E-state index contributed by atoms with van der Waals surface area (Å²) >= 11 is 18.0. The van der Waals surface area contributed by atoms with E-state index in [4.69, 9.17) is 40.4 Å². The molecule has 0 fully saturated rings. The molecule has 3 aromatic carbocycles. The number of nitrogens with one attached hydrogen (secondary N) is 2. The van der Waals surface area contributed by atoms with E-state index in [1.807, 2.05) is 66.7 Å². The van der Waals surface area contributed by atoms with Crippen molar-refractivity contribution < 1.29 is 4.79 Å². The third-order valence-electron chi connectivity index (χ3n) is 5.35. The number of fused-ring (bicyclic) bond motifs is 1. The average Bonchev–Trinajstić information content (AvgIpc) is 2.91. The standard InChI is InChI=1S/C25H22Cl2N4OS/c1-31-21-12-11-18(26)15-19(21)22(17-8-3-2-4-9-17)29-23(24(31)32)30-25(33)28-14-13-16-7-5-6-10-20(16)27/h2-12,15,23H,13-14H2,1H3,(H2,28,30,33). The SMILES string of the molecule is CN1C(=O)C(NC(=S)NCCc2ccccc2Cl)N=C(c2ccccc2)c2cc(Cl)ccc21. The van der Waals surface area contributed by atoms with Crippen LogP contribution in [0.1, 0.15) is 16.7 Å². The van der Waals surface area contributed by atoms with Crippen molar-refractivity contribution >= 4 is 57.8 Å². The van der Waals surface area contributed by atoms with Gasteiger partial charge in [0.25, 0.3) is 5.91 Å². The highest BCUT2D eigenvalue weighted by Gasteiger charge is 2.30. The van der Waals surface area contributed by atoms with Crippen LogP contribution in [0, 0.1) is 0 Å². The van der Waals surface area contributed by atoms with E-state index in [-0.39, 0.29) is 5.91 Å². The van der Waals surface area contributed by atoms with Crippen LogP contribution in [0.15, 0.2) is 77.8 Å². The third-order valence-corrected chi connectivity index (χ3v) is 6.22. The molecule has 5 nitrogen and oxygen atoms in total. The first-order valence-corrected chi connectivity index (χ1v) is 11.6. The van der Waals surface area contributed by atoms with Gasteiger partial charge in [0.2, 0.25) is 6.17 Å². The van der Waals surface area contributed by atoms with Crippen LogP contribution in [0.25, 0.3) is 0 Å². The van der Waals surface area contributed by atoms with Crippen LogP contribution in [0.4, 0.5) is 5.69 Å². The zero-order valence-corrected chi connectivity index (χ0v) is 20.2. The van der Waals surface area contributed by atoms with Crippen LogP contribution >= 0.6 is 35.4 Å². The number of benzene rings is 3. The molecule has 1 heterocycles. The maximum absolute atomic E-state index is 13.3. The van der Waals surface area contributed by atoms with Gasteiger partial charge < -0.3 is 15.5 Å². The zero-order chi connectivity index (χ0) is 23.4. The summed E-state index contributed by atoms with van der Waals surface area (Å²) < 4.78 is 0. The summed E-state index contributed by atoms with van der Waals surface area (Å²) in [6.45, 7) is 0.567. The van der Waals surface area contributed by atoms with Gasteiger partial charge in [0, 0.05) is 34.8 Å². The van der Waals surface area contributed by atoms with Gasteiger partial charge in [-0.3, -0.25) is 4.79 Å². The molecule has 0 aromatic heterocycles. The molecule has 0 spiro atoms. The number of halogens is 2. The molecular formula is C25H22Cl2N4OS. The van der Waals surface area contributed by atoms with E-state index < -0.39 is 6.17 Å². The predicted molar refractivity (Wildman–Crippen MR) is 140 cm³/mol. The quantitative estimate of drug-likeness (QED) is 0.496. The predicted octanol–water partition coefficient (Wildman–Crippen LogP) is 4.84. The molecule has 0 radical (unpaired) electrons. The van der Waals surface area contributed by atoms with Crippen molar-refractivity contribution in [3.8, 4) is 0 Å². The van der Waals surface area contributed by atoms with Gasteiger partial charge in [-0.25, -0.2) is 4.99 Å². The summed E-state index contributed by atoms with van der Waals surface area (Å²) in [7, 11) is 1.72. The minimum absolute atomic E-state index is 0.222. The van der Waals surface area contributed by atoms with Crippen molar-refractivity contribution in [1.29, 1.82) is 0 Å². The number of nitrogens with zero attached hydrogens (tertiary/aromatic N) is 2. The maximum atomic E-state index is 13.3. The minimum Gasteiger partial charge on any atom is -0.362 e. The molecule has 168 valence electrons. The molecular weight excluding hydrogens is 475 g/mol. The average molecular weight is 497 g/mol. The molecule has 4 rings (SSSR count). The van der Waals surface area contributed by atoms with Gasteiger partial charge in [-0.2, -0.15) is 0 Å². The first-order valence-electron chi connectivity index (χ1n) is 10.4. The lowest BCUT2D eigenvalue weighted by atomic mass is 10.0.